The number of pyridine rings is 1. The first kappa shape index (κ1) is 25.5. The van der Waals surface area contributed by atoms with Crippen molar-refractivity contribution in [3.05, 3.63) is 64.1 Å². The van der Waals surface area contributed by atoms with Gasteiger partial charge in [0, 0.05) is 90.4 Å². The van der Waals surface area contributed by atoms with Crippen LogP contribution in [0.3, 0.4) is 0 Å². The number of carbonyl (C=O) groups excluding carboxylic acids is 2. The molecular formula is C25H32N10O3. The third kappa shape index (κ3) is 5.42. The topological polar surface area (TPSA) is 134 Å². The SMILES string of the molecule is CN1CCNC(=O)C[C@H]2CN(Cc3cnc(N(C)C)nc3)C[C@H]2n2cc(nn2)Cn2cccc(c2=O)C1=O. The molecule has 2 aliphatic rings. The zero-order valence-corrected chi connectivity index (χ0v) is 21.8. The zero-order chi connectivity index (χ0) is 26.8. The van der Waals surface area contributed by atoms with Gasteiger partial charge in [-0.3, -0.25) is 19.3 Å². The molecule has 4 bridgehead atoms. The summed E-state index contributed by atoms with van der Waals surface area (Å²) in [6, 6.07) is 3.13. The van der Waals surface area contributed by atoms with Crippen LogP contribution in [0.25, 0.3) is 0 Å². The molecule has 0 saturated carbocycles. The fraction of sp³-hybridized carbons (Fsp3) is 0.480. The number of aromatic nitrogens is 6. The third-order valence-corrected chi connectivity index (χ3v) is 7.02. The number of nitrogens with one attached hydrogen (secondary N) is 1. The van der Waals surface area contributed by atoms with Gasteiger partial charge < -0.3 is 19.7 Å². The Balaban J connectivity index is 1.40. The molecule has 2 aliphatic heterocycles. The Morgan fingerprint density at radius 2 is 1.92 bits per heavy atom. The van der Waals surface area contributed by atoms with E-state index in [-0.39, 0.29) is 41.4 Å². The lowest BCUT2D eigenvalue weighted by Crippen LogP contribution is -2.39. The van der Waals surface area contributed by atoms with Crippen molar-refractivity contribution >= 4 is 17.8 Å². The monoisotopic (exact) mass is 520 g/mol. The van der Waals surface area contributed by atoms with E-state index in [1.165, 1.54) is 15.5 Å². The van der Waals surface area contributed by atoms with E-state index in [2.05, 4.69) is 30.5 Å². The lowest BCUT2D eigenvalue weighted by Gasteiger charge is -2.20. The maximum Gasteiger partial charge on any atom is 0.263 e. The van der Waals surface area contributed by atoms with Crippen molar-refractivity contribution in [1.82, 2.24) is 44.6 Å². The summed E-state index contributed by atoms with van der Waals surface area (Å²) < 4.78 is 3.28. The number of fused-ring (bicyclic) bond motifs is 6. The van der Waals surface area contributed by atoms with Gasteiger partial charge in [-0.05, 0) is 12.1 Å². The lowest BCUT2D eigenvalue weighted by atomic mass is 9.99. The van der Waals surface area contributed by atoms with Crippen LogP contribution < -0.4 is 15.8 Å². The number of hydrogen-bond donors (Lipinski definition) is 1. The molecule has 38 heavy (non-hydrogen) atoms. The molecular weight excluding hydrogens is 488 g/mol. The van der Waals surface area contributed by atoms with Gasteiger partial charge in [0.25, 0.3) is 11.5 Å². The van der Waals surface area contributed by atoms with Crippen LogP contribution in [-0.2, 0) is 17.9 Å². The van der Waals surface area contributed by atoms with Gasteiger partial charge in [0.05, 0.1) is 18.8 Å². The van der Waals surface area contributed by atoms with Crippen molar-refractivity contribution in [3.63, 3.8) is 0 Å². The van der Waals surface area contributed by atoms with E-state index in [0.717, 1.165) is 5.56 Å². The minimum Gasteiger partial charge on any atom is -0.354 e. The van der Waals surface area contributed by atoms with Crippen molar-refractivity contribution in [1.29, 1.82) is 0 Å². The van der Waals surface area contributed by atoms with E-state index in [0.29, 0.717) is 50.8 Å². The number of rotatable bonds is 3. The third-order valence-electron chi connectivity index (χ3n) is 7.02. The summed E-state index contributed by atoms with van der Waals surface area (Å²) in [5.74, 6) is 0.183. The summed E-state index contributed by atoms with van der Waals surface area (Å²) >= 11 is 0. The summed E-state index contributed by atoms with van der Waals surface area (Å²) in [6.45, 7) is 2.82. The number of likely N-dealkylation sites (tertiary alicyclic amines) is 1. The smallest absolute Gasteiger partial charge is 0.263 e. The Bertz CT molecular complexity index is 1370. The Hall–Kier alpha value is -4.13. The molecule has 3 aromatic heterocycles. The molecule has 0 aliphatic carbocycles. The molecule has 1 N–H and O–H groups in total. The fourth-order valence-electron chi connectivity index (χ4n) is 5.02. The highest BCUT2D eigenvalue weighted by Crippen LogP contribution is 2.31. The Labute approximate surface area is 220 Å². The first-order valence-corrected chi connectivity index (χ1v) is 12.6. The average molecular weight is 521 g/mol. The van der Waals surface area contributed by atoms with Crippen LogP contribution in [-0.4, -0.2) is 98.5 Å². The van der Waals surface area contributed by atoms with Gasteiger partial charge in [0.1, 0.15) is 11.3 Å². The van der Waals surface area contributed by atoms with Crippen LogP contribution in [0.5, 0.6) is 0 Å². The minimum absolute atomic E-state index is 0.00448. The second-order valence-electron chi connectivity index (χ2n) is 10.1. The number of carbonyl (C=O) groups is 2. The highest BCUT2D eigenvalue weighted by Gasteiger charge is 2.36. The second kappa shape index (κ2) is 10.7. The molecule has 3 aromatic rings. The minimum atomic E-state index is -0.387. The Morgan fingerprint density at radius 1 is 1.13 bits per heavy atom. The highest BCUT2D eigenvalue weighted by atomic mass is 16.2. The largest absolute Gasteiger partial charge is 0.354 e. The van der Waals surface area contributed by atoms with Gasteiger partial charge in [-0.15, -0.1) is 5.10 Å². The fourth-order valence-corrected chi connectivity index (χ4v) is 5.02. The van der Waals surface area contributed by atoms with Crippen molar-refractivity contribution in [3.8, 4) is 0 Å². The Kier molecular flexibility index (Phi) is 7.18. The maximum absolute atomic E-state index is 13.0. The van der Waals surface area contributed by atoms with E-state index in [1.54, 1.807) is 24.0 Å². The van der Waals surface area contributed by atoms with E-state index in [9.17, 15) is 14.4 Å². The van der Waals surface area contributed by atoms with Crippen molar-refractivity contribution in [2.24, 2.45) is 5.92 Å². The van der Waals surface area contributed by atoms with E-state index >= 15 is 0 Å². The first-order chi connectivity index (χ1) is 18.3. The Morgan fingerprint density at radius 3 is 2.68 bits per heavy atom. The molecule has 0 spiro atoms. The molecule has 1 saturated heterocycles. The zero-order valence-electron chi connectivity index (χ0n) is 21.8. The van der Waals surface area contributed by atoms with E-state index in [1.807, 2.05) is 37.6 Å². The van der Waals surface area contributed by atoms with Crippen molar-refractivity contribution in [2.75, 3.05) is 52.2 Å². The molecule has 13 heteroatoms. The number of hydrogen-bond acceptors (Lipinski definition) is 9. The number of anilines is 1. The number of nitrogens with zero attached hydrogens (tertiary/aromatic N) is 9. The van der Waals surface area contributed by atoms with Crippen LogP contribution in [0.2, 0.25) is 0 Å². The van der Waals surface area contributed by atoms with Gasteiger partial charge in [0.2, 0.25) is 11.9 Å². The molecule has 5 rings (SSSR count). The summed E-state index contributed by atoms with van der Waals surface area (Å²) in [5, 5.41) is 11.6. The standard InChI is InChI=1S/C25H32N10O3/c1-31(2)25-27-10-17(11-28-25)12-33-13-18-9-22(36)26-6-8-32(3)23(37)20-5-4-7-34(24(20)38)14-19-15-35(30-29-19)21(18)16-33/h4-5,7,10-11,15,18,21H,6,8-9,12-14,16H2,1-3H3,(H,26,36)/t18-,21+/m0/s1. The highest BCUT2D eigenvalue weighted by molar-refractivity contribution is 5.93. The molecule has 0 radical (unpaired) electrons. The summed E-state index contributed by atoms with van der Waals surface area (Å²) in [4.78, 5) is 53.2. The first-order valence-electron chi connectivity index (χ1n) is 12.6. The van der Waals surface area contributed by atoms with Crippen LogP contribution in [0.4, 0.5) is 5.95 Å². The van der Waals surface area contributed by atoms with Crippen molar-refractivity contribution < 1.29 is 9.59 Å². The van der Waals surface area contributed by atoms with Gasteiger partial charge >= 0.3 is 0 Å². The van der Waals surface area contributed by atoms with Crippen LogP contribution in [0, 0.1) is 5.92 Å². The molecule has 0 aromatic carbocycles. The molecule has 0 unspecified atom stereocenters. The average Bonchev–Trinajstić information content (AvgIpc) is 3.51. The van der Waals surface area contributed by atoms with Crippen LogP contribution in [0.1, 0.15) is 34.1 Å². The van der Waals surface area contributed by atoms with Gasteiger partial charge in [-0.1, -0.05) is 5.21 Å². The molecule has 1 fully saturated rings. The van der Waals surface area contributed by atoms with Gasteiger partial charge in [-0.2, -0.15) is 0 Å². The summed E-state index contributed by atoms with van der Waals surface area (Å²) in [5.41, 5.74) is 1.29. The molecule has 2 amide bonds. The van der Waals surface area contributed by atoms with Gasteiger partial charge in [0.15, 0.2) is 0 Å². The van der Waals surface area contributed by atoms with Crippen LogP contribution >= 0.6 is 0 Å². The normalized spacial score (nSPS) is 20.8. The van der Waals surface area contributed by atoms with Crippen molar-refractivity contribution in [2.45, 2.75) is 25.6 Å². The van der Waals surface area contributed by atoms with E-state index < -0.39 is 0 Å². The maximum atomic E-state index is 13.0. The quantitative estimate of drug-likeness (QED) is 0.490. The predicted molar refractivity (Wildman–Crippen MR) is 139 cm³/mol. The lowest BCUT2D eigenvalue weighted by molar-refractivity contribution is -0.122. The number of amides is 2. The summed E-state index contributed by atoms with van der Waals surface area (Å²) in [6.07, 6.45) is 7.45. The van der Waals surface area contributed by atoms with Gasteiger partial charge in [-0.25, -0.2) is 14.6 Å². The second-order valence-corrected chi connectivity index (χ2v) is 10.1. The molecule has 5 heterocycles. The van der Waals surface area contributed by atoms with Crippen LogP contribution in [0.15, 0.2) is 41.7 Å². The predicted octanol–water partition coefficient (Wildman–Crippen LogP) is -0.391. The van der Waals surface area contributed by atoms with E-state index in [4.69, 9.17) is 0 Å². The molecule has 200 valence electrons. The molecule has 13 nitrogen and oxygen atoms in total. The number of likely N-dealkylation sites (N-methyl/N-ethyl adjacent to an activating group) is 1. The molecule has 2 atom stereocenters. The summed E-state index contributed by atoms with van der Waals surface area (Å²) in [7, 11) is 5.42.